The van der Waals surface area contributed by atoms with Crippen molar-refractivity contribution >= 4 is 17.2 Å². The van der Waals surface area contributed by atoms with Crippen LogP contribution in [0.2, 0.25) is 0 Å². The predicted molar refractivity (Wildman–Crippen MR) is 76.5 cm³/mol. The summed E-state index contributed by atoms with van der Waals surface area (Å²) in [6, 6.07) is 8.04. The van der Waals surface area contributed by atoms with Crippen molar-refractivity contribution < 1.29 is 9.47 Å². The minimum atomic E-state index is -0.181. The first-order valence-electron chi connectivity index (χ1n) is 6.42. The smallest absolute Gasteiger partial charge is 0.173 e. The zero-order chi connectivity index (χ0) is 13.6. The maximum Gasteiger partial charge on any atom is 0.173 e. The maximum absolute atomic E-state index is 7.21. The van der Waals surface area contributed by atoms with E-state index >= 15 is 0 Å². The van der Waals surface area contributed by atoms with Gasteiger partial charge in [0.1, 0.15) is 17.1 Å². The summed E-state index contributed by atoms with van der Waals surface area (Å²) in [4.78, 5) is 0. The van der Waals surface area contributed by atoms with Gasteiger partial charge < -0.3 is 9.47 Å². The molecule has 2 aromatic carbocycles. The minimum absolute atomic E-state index is 0.181. The van der Waals surface area contributed by atoms with E-state index in [2.05, 4.69) is 13.8 Å². The van der Waals surface area contributed by atoms with E-state index in [0.717, 1.165) is 40.7 Å². The molecule has 1 aliphatic heterocycles. The minimum Gasteiger partial charge on any atom is -0.487 e. The van der Waals surface area contributed by atoms with Gasteiger partial charge in [-0.2, -0.15) is 0 Å². The van der Waals surface area contributed by atoms with Crippen LogP contribution in [0, 0.1) is 12.3 Å². The third-order valence-corrected chi connectivity index (χ3v) is 3.64. The van der Waals surface area contributed by atoms with Crippen LogP contribution in [0.15, 0.2) is 24.3 Å². The number of benzene rings is 2. The first kappa shape index (κ1) is 12.0. The number of nitrogens with one attached hydrogen (secondary N) is 1. The van der Waals surface area contributed by atoms with Crippen molar-refractivity contribution in [2.24, 2.45) is 0 Å². The maximum atomic E-state index is 7.21. The van der Waals surface area contributed by atoms with Crippen molar-refractivity contribution in [2.45, 2.75) is 32.8 Å². The zero-order valence-corrected chi connectivity index (χ0v) is 11.4. The molecule has 1 N–H and O–H groups in total. The van der Waals surface area contributed by atoms with E-state index in [-0.39, 0.29) is 5.60 Å². The molecular weight excluding hydrogens is 238 g/mol. The molecule has 3 rings (SSSR count). The Morgan fingerprint density at radius 3 is 2.63 bits per heavy atom. The highest BCUT2D eigenvalue weighted by Crippen LogP contribution is 2.46. The second-order valence-corrected chi connectivity index (χ2v) is 5.58. The Hall–Kier alpha value is -2.03. The number of hydrogen-bond acceptors (Lipinski definition) is 3. The Bertz CT molecular complexity index is 674. The molecular formula is C16H17NO2. The second kappa shape index (κ2) is 3.98. The van der Waals surface area contributed by atoms with Crippen molar-refractivity contribution in [1.82, 2.24) is 0 Å². The Morgan fingerprint density at radius 2 is 1.95 bits per heavy atom. The molecule has 19 heavy (non-hydrogen) atoms. The summed E-state index contributed by atoms with van der Waals surface area (Å²) in [5.41, 5.74) is 2.09. The molecule has 3 nitrogen and oxygen atoms in total. The fourth-order valence-electron chi connectivity index (χ4n) is 2.83. The average Bonchev–Trinajstić information content (AvgIpc) is 2.71. The summed E-state index contributed by atoms with van der Waals surface area (Å²) in [7, 11) is 0. The van der Waals surface area contributed by atoms with Crippen molar-refractivity contribution in [1.29, 1.82) is 5.41 Å². The second-order valence-electron chi connectivity index (χ2n) is 5.58. The van der Waals surface area contributed by atoms with Gasteiger partial charge in [-0.05, 0) is 26.3 Å². The van der Waals surface area contributed by atoms with Crippen LogP contribution < -0.4 is 9.47 Å². The third kappa shape index (κ3) is 1.77. The number of hydrogen-bond donors (Lipinski definition) is 1. The molecule has 0 unspecified atom stereocenters. The Balaban J connectivity index is 2.37. The van der Waals surface area contributed by atoms with E-state index in [9.17, 15) is 0 Å². The summed E-state index contributed by atoms with van der Waals surface area (Å²) < 4.78 is 11.5. The van der Waals surface area contributed by atoms with Gasteiger partial charge in [-0.1, -0.05) is 24.3 Å². The molecule has 0 radical (unpaired) electrons. The van der Waals surface area contributed by atoms with Crippen LogP contribution in [0.25, 0.3) is 10.8 Å². The van der Waals surface area contributed by atoms with Crippen molar-refractivity contribution in [3.8, 4) is 11.5 Å². The van der Waals surface area contributed by atoms with Crippen molar-refractivity contribution in [2.75, 3.05) is 0 Å². The molecule has 0 atom stereocenters. The molecule has 0 amide bonds. The highest BCUT2D eigenvalue weighted by Gasteiger charge is 2.34. The largest absolute Gasteiger partial charge is 0.487 e. The highest BCUT2D eigenvalue weighted by molar-refractivity contribution is 5.97. The van der Waals surface area contributed by atoms with Gasteiger partial charge in [0.2, 0.25) is 0 Å². The summed E-state index contributed by atoms with van der Waals surface area (Å²) >= 11 is 0. The van der Waals surface area contributed by atoms with Crippen LogP contribution in [0.5, 0.6) is 11.5 Å². The zero-order valence-electron chi connectivity index (χ0n) is 11.4. The van der Waals surface area contributed by atoms with Crippen molar-refractivity contribution in [3.05, 3.63) is 35.4 Å². The lowest BCUT2D eigenvalue weighted by molar-refractivity contribution is 0.140. The average molecular weight is 255 g/mol. The number of ether oxygens (including phenoxy) is 2. The molecule has 0 saturated carbocycles. The van der Waals surface area contributed by atoms with E-state index in [0.29, 0.717) is 0 Å². The third-order valence-electron chi connectivity index (χ3n) is 3.64. The normalized spacial score (nSPS) is 15.9. The van der Waals surface area contributed by atoms with Crippen LogP contribution in [0.1, 0.15) is 25.0 Å². The molecule has 3 heteroatoms. The predicted octanol–water partition coefficient (Wildman–Crippen LogP) is 3.85. The topological polar surface area (TPSA) is 42.3 Å². The Morgan fingerprint density at radius 1 is 1.26 bits per heavy atom. The summed E-state index contributed by atoms with van der Waals surface area (Å²) in [6.45, 7) is 6.23. The monoisotopic (exact) mass is 255 g/mol. The number of fused-ring (bicyclic) bond motifs is 3. The molecule has 1 heterocycles. The van der Waals surface area contributed by atoms with E-state index in [1.165, 1.54) is 5.56 Å². The quantitative estimate of drug-likeness (QED) is 0.654. The molecule has 0 fully saturated rings. The lowest BCUT2D eigenvalue weighted by Gasteiger charge is -2.17. The molecule has 1 aliphatic rings. The first-order valence-corrected chi connectivity index (χ1v) is 6.42. The van der Waals surface area contributed by atoms with Crippen molar-refractivity contribution in [3.63, 3.8) is 0 Å². The van der Waals surface area contributed by atoms with E-state index < -0.39 is 0 Å². The number of rotatable bonds is 2. The summed E-state index contributed by atoms with van der Waals surface area (Å²) in [5.74, 6) is 1.74. The Kier molecular flexibility index (Phi) is 2.52. The fourth-order valence-corrected chi connectivity index (χ4v) is 2.83. The van der Waals surface area contributed by atoms with Gasteiger partial charge in [-0.3, -0.25) is 5.41 Å². The SMILES string of the molecule is Cc1c2c(c3ccccc3c1OC=N)OC(C)(C)C2. The summed E-state index contributed by atoms with van der Waals surface area (Å²) in [5, 5.41) is 9.27. The van der Waals surface area contributed by atoms with E-state index in [1.807, 2.05) is 31.2 Å². The van der Waals surface area contributed by atoms with Gasteiger partial charge in [-0.15, -0.1) is 0 Å². The van der Waals surface area contributed by atoms with Crippen LogP contribution in [0.4, 0.5) is 0 Å². The Labute approximate surface area is 112 Å². The fraction of sp³-hybridized carbons (Fsp3) is 0.312. The molecule has 0 aromatic heterocycles. The van der Waals surface area contributed by atoms with E-state index in [1.54, 1.807) is 0 Å². The van der Waals surface area contributed by atoms with Gasteiger partial charge in [0.05, 0.1) is 0 Å². The van der Waals surface area contributed by atoms with E-state index in [4.69, 9.17) is 14.9 Å². The van der Waals surface area contributed by atoms with Crippen LogP contribution in [-0.4, -0.2) is 12.0 Å². The van der Waals surface area contributed by atoms with Gasteiger partial charge in [-0.25, -0.2) is 0 Å². The van der Waals surface area contributed by atoms with Gasteiger partial charge >= 0.3 is 0 Å². The van der Waals surface area contributed by atoms with Gasteiger partial charge in [0, 0.05) is 22.8 Å². The highest BCUT2D eigenvalue weighted by atomic mass is 16.5. The molecule has 98 valence electrons. The van der Waals surface area contributed by atoms with Crippen LogP contribution in [-0.2, 0) is 6.42 Å². The molecule has 2 aromatic rings. The lowest BCUT2D eigenvalue weighted by Crippen LogP contribution is -2.24. The molecule has 0 aliphatic carbocycles. The standard InChI is InChI=1S/C16H17NO2/c1-10-13-8-16(2,3)19-15(13)12-7-5-4-6-11(12)14(10)18-9-17/h4-7,9,17H,8H2,1-3H3. The summed E-state index contributed by atoms with van der Waals surface area (Å²) in [6.07, 6.45) is 1.86. The first-order chi connectivity index (χ1) is 9.03. The molecule has 0 saturated heterocycles. The molecule has 0 bridgehead atoms. The van der Waals surface area contributed by atoms with Crippen LogP contribution >= 0.6 is 0 Å². The van der Waals surface area contributed by atoms with Gasteiger partial charge in [0.25, 0.3) is 0 Å². The molecule has 0 spiro atoms. The van der Waals surface area contributed by atoms with Crippen LogP contribution in [0.3, 0.4) is 0 Å². The van der Waals surface area contributed by atoms with Gasteiger partial charge in [0.15, 0.2) is 6.40 Å². The lowest BCUT2D eigenvalue weighted by atomic mass is 9.94.